The molecule has 0 unspecified atom stereocenters. The van der Waals surface area contributed by atoms with Crippen LogP contribution in [0.3, 0.4) is 0 Å². The van der Waals surface area contributed by atoms with E-state index in [4.69, 9.17) is 9.52 Å². The minimum absolute atomic E-state index is 0.422. The van der Waals surface area contributed by atoms with Gasteiger partial charge >= 0.3 is 5.97 Å². The molecule has 4 heteroatoms. The van der Waals surface area contributed by atoms with Gasteiger partial charge in [0.1, 0.15) is 5.58 Å². The van der Waals surface area contributed by atoms with Gasteiger partial charge in [-0.05, 0) is 12.1 Å². The van der Waals surface area contributed by atoms with Crippen molar-refractivity contribution in [2.24, 2.45) is 0 Å². The van der Waals surface area contributed by atoms with Gasteiger partial charge in [-0.2, -0.15) is 4.39 Å². The topological polar surface area (TPSA) is 50.4 Å². The molecule has 0 spiro atoms. The summed E-state index contributed by atoms with van der Waals surface area (Å²) in [7, 11) is 0. The Morgan fingerprint density at radius 2 is 2.13 bits per heavy atom. The summed E-state index contributed by atoms with van der Waals surface area (Å²) < 4.78 is 18.0. The first-order valence-electron chi connectivity index (χ1n) is 4.25. The molecule has 1 aromatic heterocycles. The second kappa shape index (κ2) is 3.57. The van der Waals surface area contributed by atoms with E-state index in [1.807, 2.05) is 0 Å². The van der Waals surface area contributed by atoms with Crippen molar-refractivity contribution in [1.29, 1.82) is 0 Å². The maximum Gasteiger partial charge on any atom is 0.364 e. The molecule has 0 fully saturated rings. The van der Waals surface area contributed by atoms with Crippen molar-refractivity contribution in [2.75, 3.05) is 0 Å². The zero-order valence-corrected chi connectivity index (χ0v) is 7.61. The molecule has 0 aliphatic carbocycles. The molecule has 0 radical (unpaired) electrons. The second-order valence-electron chi connectivity index (χ2n) is 2.98. The van der Waals surface area contributed by atoms with E-state index in [0.717, 1.165) is 6.08 Å². The van der Waals surface area contributed by atoms with E-state index in [1.165, 1.54) is 6.26 Å². The summed E-state index contributed by atoms with van der Waals surface area (Å²) in [6, 6.07) is 7.02. The van der Waals surface area contributed by atoms with Crippen LogP contribution >= 0.6 is 0 Å². The lowest BCUT2D eigenvalue weighted by atomic mass is 10.1. The van der Waals surface area contributed by atoms with Crippen LogP contribution in [0.4, 0.5) is 4.39 Å². The average Bonchev–Trinajstić information content (AvgIpc) is 2.62. The SMILES string of the molecule is O=C(O)/C(F)=C/c1coc2ccccc12. The van der Waals surface area contributed by atoms with Crippen LogP contribution in [-0.4, -0.2) is 11.1 Å². The van der Waals surface area contributed by atoms with Crippen LogP contribution in [0.1, 0.15) is 5.56 Å². The fourth-order valence-electron chi connectivity index (χ4n) is 1.31. The van der Waals surface area contributed by atoms with E-state index in [2.05, 4.69) is 0 Å². The van der Waals surface area contributed by atoms with E-state index >= 15 is 0 Å². The van der Waals surface area contributed by atoms with Crippen molar-refractivity contribution in [3.8, 4) is 0 Å². The Kier molecular flexibility index (Phi) is 2.25. The van der Waals surface area contributed by atoms with Crippen molar-refractivity contribution in [3.05, 3.63) is 41.9 Å². The number of carboxylic acids is 1. The number of furan rings is 1. The number of carbonyl (C=O) groups is 1. The van der Waals surface area contributed by atoms with Crippen LogP contribution < -0.4 is 0 Å². The Balaban J connectivity index is 2.54. The van der Waals surface area contributed by atoms with Gasteiger partial charge in [-0.1, -0.05) is 18.2 Å². The molecule has 1 heterocycles. The molecule has 0 aliphatic heterocycles. The fraction of sp³-hybridized carbons (Fsp3) is 0. The molecular weight excluding hydrogens is 199 g/mol. The average molecular weight is 206 g/mol. The Bertz CT molecular complexity index is 540. The molecule has 15 heavy (non-hydrogen) atoms. The Morgan fingerprint density at radius 3 is 2.87 bits per heavy atom. The van der Waals surface area contributed by atoms with Gasteiger partial charge < -0.3 is 9.52 Å². The van der Waals surface area contributed by atoms with Gasteiger partial charge in [0.05, 0.1) is 6.26 Å². The van der Waals surface area contributed by atoms with Crippen LogP contribution in [0.5, 0.6) is 0 Å². The van der Waals surface area contributed by atoms with Crippen molar-refractivity contribution in [2.45, 2.75) is 0 Å². The van der Waals surface area contributed by atoms with Gasteiger partial charge in [-0.15, -0.1) is 0 Å². The highest BCUT2D eigenvalue weighted by atomic mass is 19.1. The summed E-state index contributed by atoms with van der Waals surface area (Å²) in [6.45, 7) is 0. The summed E-state index contributed by atoms with van der Waals surface area (Å²) in [4.78, 5) is 10.3. The third-order valence-electron chi connectivity index (χ3n) is 2.00. The Morgan fingerprint density at radius 1 is 1.40 bits per heavy atom. The number of carboxylic acid groups (broad SMARTS) is 1. The molecule has 0 saturated carbocycles. The lowest BCUT2D eigenvalue weighted by Crippen LogP contribution is -1.93. The number of para-hydroxylation sites is 1. The molecule has 0 amide bonds. The van der Waals surface area contributed by atoms with Crippen molar-refractivity contribution in [3.63, 3.8) is 0 Å². The summed E-state index contributed by atoms with van der Waals surface area (Å²) in [5.74, 6) is -2.79. The van der Waals surface area contributed by atoms with E-state index < -0.39 is 11.8 Å². The fourth-order valence-corrected chi connectivity index (χ4v) is 1.31. The quantitative estimate of drug-likeness (QED) is 0.768. The third kappa shape index (κ3) is 1.74. The molecule has 0 bridgehead atoms. The highest BCUT2D eigenvalue weighted by Gasteiger charge is 2.08. The normalized spacial score (nSPS) is 11.9. The summed E-state index contributed by atoms with van der Waals surface area (Å²) in [5, 5.41) is 9.07. The number of rotatable bonds is 2. The van der Waals surface area contributed by atoms with E-state index in [0.29, 0.717) is 16.5 Å². The monoisotopic (exact) mass is 206 g/mol. The van der Waals surface area contributed by atoms with Crippen molar-refractivity contribution in [1.82, 2.24) is 0 Å². The molecule has 2 aromatic rings. The van der Waals surface area contributed by atoms with Gasteiger partial charge in [-0.25, -0.2) is 4.79 Å². The molecule has 0 saturated heterocycles. The Labute approximate surface area is 84.4 Å². The van der Waals surface area contributed by atoms with Gasteiger partial charge in [0.15, 0.2) is 0 Å². The number of benzene rings is 1. The molecule has 2 rings (SSSR count). The number of aliphatic carboxylic acids is 1. The Hall–Kier alpha value is -2.10. The standard InChI is InChI=1S/C11H7FO3/c12-9(11(13)14)5-7-6-15-10-4-2-1-3-8(7)10/h1-6H,(H,13,14)/b9-5-. The first-order valence-corrected chi connectivity index (χ1v) is 4.25. The predicted molar refractivity (Wildman–Crippen MR) is 52.9 cm³/mol. The maximum absolute atomic E-state index is 12.8. The van der Waals surface area contributed by atoms with E-state index in [-0.39, 0.29) is 0 Å². The predicted octanol–water partition coefficient (Wildman–Crippen LogP) is 2.83. The number of hydrogen-bond donors (Lipinski definition) is 1. The van der Waals surface area contributed by atoms with E-state index in [1.54, 1.807) is 24.3 Å². The molecule has 1 N–H and O–H groups in total. The zero-order chi connectivity index (χ0) is 10.8. The van der Waals surface area contributed by atoms with Crippen molar-refractivity contribution >= 4 is 23.0 Å². The summed E-state index contributed by atoms with van der Waals surface area (Å²) in [6.07, 6.45) is 2.27. The van der Waals surface area contributed by atoms with Gasteiger partial charge in [0.2, 0.25) is 5.83 Å². The van der Waals surface area contributed by atoms with Crippen LogP contribution in [0, 0.1) is 0 Å². The largest absolute Gasteiger partial charge is 0.476 e. The highest BCUT2D eigenvalue weighted by molar-refractivity contribution is 5.94. The number of hydrogen-bond acceptors (Lipinski definition) is 2. The molecule has 1 aromatic carbocycles. The maximum atomic E-state index is 12.8. The lowest BCUT2D eigenvalue weighted by molar-refractivity contribution is -0.134. The van der Waals surface area contributed by atoms with Gasteiger partial charge in [-0.3, -0.25) is 0 Å². The van der Waals surface area contributed by atoms with Gasteiger partial charge in [0, 0.05) is 10.9 Å². The smallest absolute Gasteiger partial charge is 0.364 e. The van der Waals surface area contributed by atoms with Crippen LogP contribution in [0.2, 0.25) is 0 Å². The number of fused-ring (bicyclic) bond motifs is 1. The second-order valence-corrected chi connectivity index (χ2v) is 2.98. The first kappa shape index (κ1) is 9.45. The first-order chi connectivity index (χ1) is 7.18. The number of halogens is 1. The molecule has 0 atom stereocenters. The lowest BCUT2D eigenvalue weighted by Gasteiger charge is -1.89. The molecule has 0 aliphatic rings. The summed E-state index contributed by atoms with van der Waals surface area (Å²) in [5.41, 5.74) is 1.02. The van der Waals surface area contributed by atoms with E-state index in [9.17, 15) is 9.18 Å². The molecule has 3 nitrogen and oxygen atoms in total. The van der Waals surface area contributed by atoms with Crippen LogP contribution in [0.25, 0.3) is 17.0 Å². The zero-order valence-electron chi connectivity index (χ0n) is 7.61. The summed E-state index contributed by atoms with van der Waals surface area (Å²) >= 11 is 0. The third-order valence-corrected chi connectivity index (χ3v) is 2.00. The minimum atomic E-state index is -1.58. The molecular formula is C11H7FO3. The van der Waals surface area contributed by atoms with Crippen molar-refractivity contribution < 1.29 is 18.7 Å². The highest BCUT2D eigenvalue weighted by Crippen LogP contribution is 2.23. The van der Waals surface area contributed by atoms with Crippen LogP contribution in [0.15, 0.2) is 40.8 Å². The molecule has 76 valence electrons. The van der Waals surface area contributed by atoms with Crippen LogP contribution in [-0.2, 0) is 4.79 Å². The minimum Gasteiger partial charge on any atom is -0.476 e. The van der Waals surface area contributed by atoms with Gasteiger partial charge in [0.25, 0.3) is 0 Å².